The lowest BCUT2D eigenvalue weighted by molar-refractivity contribution is 0.547. The zero-order chi connectivity index (χ0) is 12.9. The Balaban J connectivity index is 2.76. The van der Waals surface area contributed by atoms with Crippen molar-refractivity contribution in [2.75, 3.05) is 11.6 Å². The Hall–Kier alpha value is -0.680. The van der Waals surface area contributed by atoms with Crippen LogP contribution in [0.3, 0.4) is 0 Å². The van der Waals surface area contributed by atoms with E-state index in [1.54, 1.807) is 0 Å². The van der Waals surface area contributed by atoms with Gasteiger partial charge in [-0.25, -0.2) is 17.2 Å². The molecule has 1 aromatic rings. The molecule has 0 heterocycles. The fourth-order valence-electron chi connectivity index (χ4n) is 1.40. The molecule has 0 N–H and O–H groups in total. The van der Waals surface area contributed by atoms with Crippen LogP contribution in [0.5, 0.6) is 0 Å². The molecule has 0 amide bonds. The first kappa shape index (κ1) is 14.4. The van der Waals surface area contributed by atoms with Gasteiger partial charge in [-0.2, -0.15) is 0 Å². The molecule has 2 nitrogen and oxygen atoms in total. The monoisotopic (exact) mass is 282 g/mol. The minimum atomic E-state index is -3.67. The Bertz CT molecular complexity index is 474. The number of benzene rings is 1. The molecule has 0 saturated carbocycles. The zero-order valence-electron chi connectivity index (χ0n) is 9.13. The second-order valence-corrected chi connectivity index (χ2v) is 6.10. The summed E-state index contributed by atoms with van der Waals surface area (Å²) >= 11 is 5.46. The van der Waals surface area contributed by atoms with Crippen LogP contribution in [0, 0.1) is 11.6 Å². The highest BCUT2D eigenvalue weighted by Gasteiger charge is 2.18. The highest BCUT2D eigenvalue weighted by molar-refractivity contribution is 7.91. The Kier molecular flexibility index (Phi) is 5.33. The highest BCUT2D eigenvalue weighted by Crippen LogP contribution is 2.18. The van der Waals surface area contributed by atoms with Gasteiger partial charge in [-0.1, -0.05) is 6.42 Å². The molecule has 17 heavy (non-hydrogen) atoms. The Labute approximate surface area is 105 Å². The maximum atomic E-state index is 13.3. The Morgan fingerprint density at radius 2 is 1.82 bits per heavy atom. The van der Waals surface area contributed by atoms with Gasteiger partial charge in [0.2, 0.25) is 0 Å². The van der Waals surface area contributed by atoms with Gasteiger partial charge in [0, 0.05) is 11.9 Å². The predicted molar refractivity (Wildman–Crippen MR) is 63.0 cm³/mol. The van der Waals surface area contributed by atoms with Crippen molar-refractivity contribution in [3.05, 3.63) is 29.8 Å². The first-order valence-corrected chi connectivity index (χ1v) is 7.40. The fourth-order valence-corrected chi connectivity index (χ4v) is 3.03. The molecule has 96 valence electrons. The van der Waals surface area contributed by atoms with Crippen LogP contribution >= 0.6 is 11.6 Å². The zero-order valence-corrected chi connectivity index (χ0v) is 10.7. The van der Waals surface area contributed by atoms with Crippen LogP contribution in [0.1, 0.15) is 19.3 Å². The molecule has 0 atom stereocenters. The lowest BCUT2D eigenvalue weighted by Gasteiger charge is -2.05. The molecule has 0 spiro atoms. The van der Waals surface area contributed by atoms with Crippen molar-refractivity contribution < 1.29 is 17.2 Å². The topological polar surface area (TPSA) is 34.1 Å². The molecule has 0 aliphatic heterocycles. The fraction of sp³-hybridized carbons (Fsp3) is 0.455. The average molecular weight is 283 g/mol. The number of hydrogen-bond acceptors (Lipinski definition) is 2. The van der Waals surface area contributed by atoms with Crippen molar-refractivity contribution >= 4 is 21.4 Å². The summed E-state index contributed by atoms with van der Waals surface area (Å²) in [4.78, 5) is -0.440. The number of rotatable bonds is 6. The summed E-state index contributed by atoms with van der Waals surface area (Å²) in [7, 11) is -3.67. The van der Waals surface area contributed by atoms with Crippen LogP contribution in [0.25, 0.3) is 0 Å². The van der Waals surface area contributed by atoms with Gasteiger partial charge < -0.3 is 0 Å². The molecule has 0 aliphatic rings. The highest BCUT2D eigenvalue weighted by atomic mass is 35.5. The van der Waals surface area contributed by atoms with E-state index in [1.807, 2.05) is 0 Å². The normalized spacial score (nSPS) is 11.7. The summed E-state index contributed by atoms with van der Waals surface area (Å²) in [6.45, 7) is 0. The van der Waals surface area contributed by atoms with Crippen LogP contribution in [0.2, 0.25) is 0 Å². The first-order chi connectivity index (χ1) is 7.97. The summed E-state index contributed by atoms with van der Waals surface area (Å²) in [6, 6.07) is 2.47. The van der Waals surface area contributed by atoms with E-state index >= 15 is 0 Å². The number of unbranched alkanes of at least 4 members (excludes halogenated alkanes) is 2. The molecule has 0 fully saturated rings. The first-order valence-electron chi connectivity index (χ1n) is 5.21. The maximum Gasteiger partial charge on any atom is 0.181 e. The lowest BCUT2D eigenvalue weighted by atomic mass is 10.3. The van der Waals surface area contributed by atoms with E-state index < -0.39 is 26.4 Å². The predicted octanol–water partition coefficient (Wildman–Crippen LogP) is 3.15. The smallest absolute Gasteiger partial charge is 0.181 e. The largest absolute Gasteiger partial charge is 0.224 e. The van der Waals surface area contributed by atoms with E-state index in [0.717, 1.165) is 18.6 Å². The third-order valence-corrected chi connectivity index (χ3v) is 4.37. The molecular weight excluding hydrogens is 270 g/mol. The number of halogens is 3. The van der Waals surface area contributed by atoms with Crippen LogP contribution in [0.4, 0.5) is 8.78 Å². The van der Waals surface area contributed by atoms with Crippen LogP contribution in [0.15, 0.2) is 23.1 Å². The van der Waals surface area contributed by atoms with E-state index in [1.165, 1.54) is 0 Å². The van der Waals surface area contributed by atoms with Crippen molar-refractivity contribution in [2.24, 2.45) is 0 Å². The summed E-state index contributed by atoms with van der Waals surface area (Å²) in [6.07, 6.45) is 1.82. The van der Waals surface area contributed by atoms with Crippen LogP contribution < -0.4 is 0 Å². The maximum absolute atomic E-state index is 13.3. The van der Waals surface area contributed by atoms with Gasteiger partial charge in [0.05, 0.1) is 5.75 Å². The standard InChI is InChI=1S/C11H13ClF2O2S/c12-6-2-1-3-7-17(15,16)11-5-4-9(13)8-10(11)14/h4-5,8H,1-3,6-7H2. The molecule has 0 bridgehead atoms. The minimum Gasteiger partial charge on any atom is -0.224 e. The molecular formula is C11H13ClF2O2S. The van der Waals surface area contributed by atoms with Crippen molar-refractivity contribution in [3.63, 3.8) is 0 Å². The average Bonchev–Trinajstić information content (AvgIpc) is 2.24. The molecule has 1 rings (SSSR count). The molecule has 0 aromatic heterocycles. The third kappa shape index (κ3) is 4.24. The van der Waals surface area contributed by atoms with Gasteiger partial charge in [-0.05, 0) is 25.0 Å². The quantitative estimate of drug-likeness (QED) is 0.456. The Morgan fingerprint density at radius 1 is 1.12 bits per heavy atom. The lowest BCUT2D eigenvalue weighted by Crippen LogP contribution is -2.09. The van der Waals surface area contributed by atoms with Gasteiger partial charge in [0.25, 0.3) is 0 Å². The second-order valence-electron chi connectivity index (χ2n) is 3.64. The van der Waals surface area contributed by atoms with E-state index in [2.05, 4.69) is 0 Å². The van der Waals surface area contributed by atoms with Crippen LogP contribution in [-0.2, 0) is 9.84 Å². The molecule has 0 saturated heterocycles. The third-order valence-electron chi connectivity index (χ3n) is 2.28. The van der Waals surface area contributed by atoms with Gasteiger partial charge in [-0.3, -0.25) is 0 Å². The van der Waals surface area contributed by atoms with Gasteiger partial charge >= 0.3 is 0 Å². The summed E-state index contributed by atoms with van der Waals surface area (Å²) < 4.78 is 49.4. The second kappa shape index (κ2) is 6.31. The van der Waals surface area contributed by atoms with E-state index in [4.69, 9.17) is 11.6 Å². The number of alkyl halides is 1. The molecule has 0 radical (unpaired) electrons. The van der Waals surface area contributed by atoms with Crippen molar-refractivity contribution in [3.8, 4) is 0 Å². The SMILES string of the molecule is O=S(=O)(CCCCCCl)c1ccc(F)cc1F. The van der Waals surface area contributed by atoms with Gasteiger partial charge in [0.1, 0.15) is 16.5 Å². The minimum absolute atomic E-state index is 0.146. The van der Waals surface area contributed by atoms with Crippen LogP contribution in [-0.4, -0.2) is 20.1 Å². The number of hydrogen-bond donors (Lipinski definition) is 0. The molecule has 6 heteroatoms. The number of sulfone groups is 1. The van der Waals surface area contributed by atoms with E-state index in [9.17, 15) is 17.2 Å². The molecule has 0 aliphatic carbocycles. The Morgan fingerprint density at radius 3 is 2.41 bits per heavy atom. The molecule has 0 unspecified atom stereocenters. The van der Waals surface area contributed by atoms with Crippen molar-refractivity contribution in [2.45, 2.75) is 24.2 Å². The van der Waals surface area contributed by atoms with E-state index in [0.29, 0.717) is 24.8 Å². The van der Waals surface area contributed by atoms with Crippen molar-refractivity contribution in [1.29, 1.82) is 0 Å². The summed E-state index contributed by atoms with van der Waals surface area (Å²) in [5.41, 5.74) is 0. The van der Waals surface area contributed by atoms with E-state index in [-0.39, 0.29) is 5.75 Å². The summed E-state index contributed by atoms with van der Waals surface area (Å²) in [5.74, 6) is -1.50. The van der Waals surface area contributed by atoms with Gasteiger partial charge in [-0.15, -0.1) is 11.6 Å². The summed E-state index contributed by atoms with van der Waals surface area (Å²) in [5, 5.41) is 0. The van der Waals surface area contributed by atoms with Gasteiger partial charge in [0.15, 0.2) is 9.84 Å². The van der Waals surface area contributed by atoms with Crippen molar-refractivity contribution in [1.82, 2.24) is 0 Å². The molecule has 1 aromatic carbocycles.